The molecule has 8 heteroatoms. The summed E-state index contributed by atoms with van der Waals surface area (Å²) in [5.74, 6) is 2.47. The highest BCUT2D eigenvalue weighted by Crippen LogP contribution is 2.61. The van der Waals surface area contributed by atoms with Gasteiger partial charge in [-0.2, -0.15) is 0 Å². The maximum absolute atomic E-state index is 12.3. The second kappa shape index (κ2) is 6.63. The van der Waals surface area contributed by atoms with Crippen molar-refractivity contribution in [1.29, 1.82) is 0 Å². The summed E-state index contributed by atoms with van der Waals surface area (Å²) in [6, 6.07) is 0. The number of carbonyl (C=O) groups excluding carboxylic acids is 2. The normalized spacial score (nSPS) is 33.4. The van der Waals surface area contributed by atoms with Crippen molar-refractivity contribution in [2.24, 2.45) is 23.2 Å². The largest absolute Gasteiger partial charge is 0.273 e. The van der Waals surface area contributed by atoms with Crippen molar-refractivity contribution in [3.8, 4) is 0 Å². The highest BCUT2D eigenvalue weighted by molar-refractivity contribution is 8.01. The summed E-state index contributed by atoms with van der Waals surface area (Å²) < 4.78 is 0.755. The average molecular weight is 367 g/mol. The van der Waals surface area contributed by atoms with E-state index in [4.69, 9.17) is 0 Å². The number of rotatable bonds is 5. The van der Waals surface area contributed by atoms with E-state index in [9.17, 15) is 9.59 Å². The highest BCUT2D eigenvalue weighted by atomic mass is 32.2. The minimum absolute atomic E-state index is 0.0498. The number of thioether (sulfide) groups is 1. The van der Waals surface area contributed by atoms with Gasteiger partial charge in [-0.15, -0.1) is 10.2 Å². The van der Waals surface area contributed by atoms with Crippen LogP contribution in [0.25, 0.3) is 0 Å². The van der Waals surface area contributed by atoms with E-state index in [1.54, 1.807) is 5.51 Å². The predicted octanol–water partition coefficient (Wildman–Crippen LogP) is 2.38. The van der Waals surface area contributed by atoms with Crippen molar-refractivity contribution < 1.29 is 9.59 Å². The number of hydrazine groups is 1. The van der Waals surface area contributed by atoms with Gasteiger partial charge in [-0.25, -0.2) is 0 Å². The van der Waals surface area contributed by atoms with Crippen LogP contribution in [0.1, 0.15) is 44.9 Å². The van der Waals surface area contributed by atoms with E-state index in [-0.39, 0.29) is 23.0 Å². The van der Waals surface area contributed by atoms with Gasteiger partial charge in [-0.05, 0) is 61.7 Å². The number of hydrogen-bond donors (Lipinski definition) is 2. The zero-order chi connectivity index (χ0) is 16.6. The summed E-state index contributed by atoms with van der Waals surface area (Å²) in [6.45, 7) is 0. The topological polar surface area (TPSA) is 84.0 Å². The van der Waals surface area contributed by atoms with Gasteiger partial charge in [0.1, 0.15) is 5.51 Å². The zero-order valence-corrected chi connectivity index (χ0v) is 15.1. The summed E-state index contributed by atoms with van der Waals surface area (Å²) in [5.41, 5.74) is 6.96. The van der Waals surface area contributed by atoms with Crippen molar-refractivity contribution in [2.45, 2.75) is 49.3 Å². The van der Waals surface area contributed by atoms with Gasteiger partial charge in [0.25, 0.3) is 0 Å². The van der Waals surface area contributed by atoms with Gasteiger partial charge in [0.2, 0.25) is 11.8 Å². The van der Waals surface area contributed by atoms with E-state index >= 15 is 0 Å². The van der Waals surface area contributed by atoms with Crippen LogP contribution >= 0.6 is 23.1 Å². The molecule has 2 amide bonds. The molecule has 4 bridgehead atoms. The average Bonchev–Trinajstić information content (AvgIpc) is 3.02. The second-order valence-electron chi connectivity index (χ2n) is 7.68. The Morgan fingerprint density at radius 1 is 1.12 bits per heavy atom. The Kier molecular flexibility index (Phi) is 4.51. The molecule has 1 aromatic rings. The maximum atomic E-state index is 12.3. The molecule has 0 spiro atoms. The first-order valence-electron chi connectivity index (χ1n) is 8.57. The number of nitrogens with zero attached hydrogens (tertiary/aromatic N) is 2. The Hall–Kier alpha value is -1.15. The molecule has 1 heterocycles. The van der Waals surface area contributed by atoms with E-state index < -0.39 is 0 Å². The standard InChI is InChI=1S/C16H22N4O2S2/c21-13(18-19-14(22)8-23-15-20-17-9-24-15)7-16-4-10-1-11(5-16)3-12(2-10)6-16/h9-12H,1-8H2,(H,18,21)(H,19,22). The first kappa shape index (κ1) is 16.3. The molecule has 0 aliphatic heterocycles. The lowest BCUT2D eigenvalue weighted by Gasteiger charge is -2.56. The van der Waals surface area contributed by atoms with Gasteiger partial charge in [-0.3, -0.25) is 20.4 Å². The monoisotopic (exact) mass is 366 g/mol. The Balaban J connectivity index is 1.23. The third kappa shape index (κ3) is 3.59. The molecule has 4 aliphatic carbocycles. The van der Waals surface area contributed by atoms with Gasteiger partial charge in [0, 0.05) is 6.42 Å². The Bertz CT molecular complexity index is 584. The summed E-state index contributed by atoms with van der Waals surface area (Å²) in [4.78, 5) is 24.1. The van der Waals surface area contributed by atoms with Gasteiger partial charge in [0.05, 0.1) is 5.75 Å². The van der Waals surface area contributed by atoms with Crippen LogP contribution in [0.5, 0.6) is 0 Å². The molecule has 5 rings (SSSR count). The van der Waals surface area contributed by atoms with Crippen molar-refractivity contribution in [3.63, 3.8) is 0 Å². The smallest absolute Gasteiger partial charge is 0.248 e. The van der Waals surface area contributed by atoms with Crippen molar-refractivity contribution >= 4 is 34.9 Å². The lowest BCUT2D eigenvalue weighted by molar-refractivity contribution is -0.133. The van der Waals surface area contributed by atoms with E-state index in [0.29, 0.717) is 6.42 Å². The summed E-state index contributed by atoms with van der Waals surface area (Å²) in [5, 5.41) is 7.59. The Labute approximate surface area is 149 Å². The number of amides is 2. The van der Waals surface area contributed by atoms with Crippen LogP contribution in [0.2, 0.25) is 0 Å². The fourth-order valence-electron chi connectivity index (χ4n) is 5.42. The maximum Gasteiger partial charge on any atom is 0.248 e. The van der Waals surface area contributed by atoms with Gasteiger partial charge in [-0.1, -0.05) is 23.1 Å². The number of nitrogens with one attached hydrogen (secondary N) is 2. The Morgan fingerprint density at radius 3 is 2.33 bits per heavy atom. The van der Waals surface area contributed by atoms with Crippen LogP contribution in [0.4, 0.5) is 0 Å². The molecule has 6 nitrogen and oxygen atoms in total. The lowest BCUT2D eigenvalue weighted by atomic mass is 9.49. The second-order valence-corrected chi connectivity index (χ2v) is 9.74. The molecular formula is C16H22N4O2S2. The van der Waals surface area contributed by atoms with Crippen LogP contribution in [0.15, 0.2) is 9.85 Å². The SMILES string of the molecule is O=C(CSc1nncs1)NNC(=O)CC12CC3CC(CC(C3)C1)C2. The van der Waals surface area contributed by atoms with Gasteiger partial charge in [0.15, 0.2) is 4.34 Å². The predicted molar refractivity (Wildman–Crippen MR) is 92.1 cm³/mol. The molecule has 1 aromatic heterocycles. The minimum atomic E-state index is -0.214. The first-order valence-corrected chi connectivity index (χ1v) is 10.4. The van der Waals surface area contributed by atoms with E-state index in [1.165, 1.54) is 61.6 Å². The quantitative estimate of drug-likeness (QED) is 0.617. The van der Waals surface area contributed by atoms with Crippen LogP contribution in [0.3, 0.4) is 0 Å². The third-order valence-electron chi connectivity index (χ3n) is 5.71. The van der Waals surface area contributed by atoms with Crippen LogP contribution in [-0.2, 0) is 9.59 Å². The number of aromatic nitrogens is 2. The minimum Gasteiger partial charge on any atom is -0.273 e. The van der Waals surface area contributed by atoms with E-state index in [1.807, 2.05) is 0 Å². The molecule has 24 heavy (non-hydrogen) atoms. The molecule has 2 N–H and O–H groups in total. The molecule has 4 saturated carbocycles. The van der Waals surface area contributed by atoms with Crippen molar-refractivity contribution in [3.05, 3.63) is 5.51 Å². The van der Waals surface area contributed by atoms with Crippen LogP contribution < -0.4 is 10.9 Å². The number of carbonyl (C=O) groups is 2. The fourth-order valence-corrected chi connectivity index (χ4v) is 6.71. The summed E-state index contributed by atoms with van der Waals surface area (Å²) in [7, 11) is 0. The molecule has 0 aromatic carbocycles. The first-order chi connectivity index (χ1) is 11.6. The van der Waals surface area contributed by atoms with Gasteiger partial charge >= 0.3 is 0 Å². The van der Waals surface area contributed by atoms with Gasteiger partial charge < -0.3 is 0 Å². The lowest BCUT2D eigenvalue weighted by Crippen LogP contribution is -2.50. The zero-order valence-electron chi connectivity index (χ0n) is 13.5. The molecule has 0 atom stereocenters. The molecule has 130 valence electrons. The molecule has 0 saturated heterocycles. The summed E-state index contributed by atoms with van der Waals surface area (Å²) >= 11 is 2.72. The van der Waals surface area contributed by atoms with E-state index in [2.05, 4.69) is 21.0 Å². The number of hydrogen-bond acceptors (Lipinski definition) is 6. The molecule has 0 unspecified atom stereocenters. The molecular weight excluding hydrogens is 344 g/mol. The third-order valence-corrected chi connectivity index (χ3v) is 7.57. The van der Waals surface area contributed by atoms with Crippen molar-refractivity contribution in [2.75, 3.05) is 5.75 Å². The van der Waals surface area contributed by atoms with Crippen LogP contribution in [-0.4, -0.2) is 27.8 Å². The van der Waals surface area contributed by atoms with E-state index in [0.717, 1.165) is 22.1 Å². The molecule has 4 aliphatic rings. The Morgan fingerprint density at radius 2 is 1.75 bits per heavy atom. The van der Waals surface area contributed by atoms with Crippen molar-refractivity contribution in [1.82, 2.24) is 21.0 Å². The molecule has 4 fully saturated rings. The summed E-state index contributed by atoms with van der Waals surface area (Å²) in [6.07, 6.45) is 8.29. The highest BCUT2D eigenvalue weighted by Gasteiger charge is 2.51. The van der Waals surface area contributed by atoms with Crippen LogP contribution in [0, 0.1) is 23.2 Å². The molecule has 0 radical (unpaired) electrons. The fraction of sp³-hybridized carbons (Fsp3) is 0.750.